The zero-order chi connectivity index (χ0) is 13.0. The van der Waals surface area contributed by atoms with Crippen LogP contribution < -0.4 is 5.32 Å². The number of hydrogen-bond acceptors (Lipinski definition) is 1. The van der Waals surface area contributed by atoms with E-state index in [-0.39, 0.29) is 5.91 Å². The van der Waals surface area contributed by atoms with E-state index < -0.39 is 17.2 Å². The number of halogens is 4. The van der Waals surface area contributed by atoms with Crippen molar-refractivity contribution in [2.75, 3.05) is 5.32 Å². The molecule has 1 aromatic rings. The Labute approximate surface area is 110 Å². The molecule has 0 atom stereocenters. The van der Waals surface area contributed by atoms with Gasteiger partial charge in [0.2, 0.25) is 5.91 Å². The summed E-state index contributed by atoms with van der Waals surface area (Å²) in [4.78, 5) is 11.7. The van der Waals surface area contributed by atoms with Crippen molar-refractivity contribution in [1.82, 2.24) is 0 Å². The molecule has 0 aromatic heterocycles. The van der Waals surface area contributed by atoms with Gasteiger partial charge in [-0.25, -0.2) is 0 Å². The van der Waals surface area contributed by atoms with Crippen LogP contribution in [0.15, 0.2) is 12.1 Å². The Kier molecular flexibility index (Phi) is 2.68. The van der Waals surface area contributed by atoms with Gasteiger partial charge in [-0.15, -0.1) is 0 Å². The summed E-state index contributed by atoms with van der Waals surface area (Å²) in [6.07, 6.45) is -4.39. The predicted octanol–water partition coefficient (Wildman–Crippen LogP) is 3.54. The third kappa shape index (κ3) is 1.92. The van der Waals surface area contributed by atoms with Gasteiger partial charge in [-0.1, -0.05) is 0 Å². The molecule has 0 radical (unpaired) electrons. The molecule has 2 nitrogen and oxygen atoms in total. The van der Waals surface area contributed by atoms with E-state index in [2.05, 4.69) is 5.32 Å². The smallest absolute Gasteiger partial charge is 0.324 e. The molecule has 1 amide bonds. The van der Waals surface area contributed by atoms with Gasteiger partial charge >= 0.3 is 6.18 Å². The van der Waals surface area contributed by atoms with Gasteiger partial charge in [0.15, 0.2) is 0 Å². The fourth-order valence-electron chi connectivity index (χ4n) is 1.78. The lowest BCUT2D eigenvalue weighted by molar-refractivity contribution is -0.137. The second-order valence-electron chi connectivity index (χ2n) is 4.46. The maximum atomic E-state index is 12.7. The van der Waals surface area contributed by atoms with Gasteiger partial charge in [0.25, 0.3) is 0 Å². The number of rotatable bonds is 0. The van der Waals surface area contributed by atoms with Gasteiger partial charge in [0, 0.05) is 3.57 Å². The summed E-state index contributed by atoms with van der Waals surface area (Å²) in [7, 11) is 0. The molecule has 0 unspecified atom stereocenters. The molecule has 0 bridgehead atoms. The van der Waals surface area contributed by atoms with Gasteiger partial charge < -0.3 is 5.32 Å². The molecule has 6 heteroatoms. The van der Waals surface area contributed by atoms with Crippen molar-refractivity contribution in [3.8, 4) is 0 Å². The van der Waals surface area contributed by atoms with E-state index in [0.717, 1.165) is 12.1 Å². The minimum Gasteiger partial charge on any atom is -0.324 e. The molecular weight excluding hydrogens is 346 g/mol. The molecule has 1 N–H and O–H groups in total. The van der Waals surface area contributed by atoms with Crippen LogP contribution in [0.4, 0.5) is 18.9 Å². The Morgan fingerprint density at radius 3 is 2.41 bits per heavy atom. The number of carbonyl (C=O) groups is 1. The summed E-state index contributed by atoms with van der Waals surface area (Å²) >= 11 is 1.80. The third-order valence-electron chi connectivity index (χ3n) is 2.90. The number of carbonyl (C=O) groups excluding carboxylic acids is 1. The van der Waals surface area contributed by atoms with E-state index in [0.29, 0.717) is 14.8 Å². The molecule has 2 rings (SSSR count). The summed E-state index contributed by atoms with van der Waals surface area (Å²) in [5, 5.41) is 2.62. The lowest BCUT2D eigenvalue weighted by Crippen LogP contribution is -2.27. The van der Waals surface area contributed by atoms with E-state index in [1.165, 1.54) is 0 Å². The third-order valence-corrected chi connectivity index (χ3v) is 3.75. The number of hydrogen-bond donors (Lipinski definition) is 1. The quantitative estimate of drug-likeness (QED) is 0.709. The van der Waals surface area contributed by atoms with Gasteiger partial charge in [-0.3, -0.25) is 4.79 Å². The van der Waals surface area contributed by atoms with Crippen molar-refractivity contribution in [2.45, 2.75) is 25.4 Å². The Balaban J connectivity index is 2.67. The average Bonchev–Trinajstić information content (AvgIpc) is 2.39. The van der Waals surface area contributed by atoms with Crippen LogP contribution in [0.2, 0.25) is 0 Å². The first-order valence-corrected chi connectivity index (χ1v) is 5.94. The molecule has 1 aliphatic heterocycles. The molecule has 0 aliphatic carbocycles. The average molecular weight is 355 g/mol. The van der Waals surface area contributed by atoms with Crippen molar-refractivity contribution in [3.63, 3.8) is 0 Å². The highest BCUT2D eigenvalue weighted by Crippen LogP contribution is 2.43. The van der Waals surface area contributed by atoms with E-state index in [1.807, 2.05) is 0 Å². The van der Waals surface area contributed by atoms with Gasteiger partial charge in [-0.2, -0.15) is 13.2 Å². The summed E-state index contributed by atoms with van der Waals surface area (Å²) in [5.74, 6) is -0.273. The van der Waals surface area contributed by atoms with Gasteiger partial charge in [0.1, 0.15) is 0 Å². The lowest BCUT2D eigenvalue weighted by Gasteiger charge is -2.17. The number of fused-ring (bicyclic) bond motifs is 1. The maximum absolute atomic E-state index is 12.7. The Morgan fingerprint density at radius 1 is 1.29 bits per heavy atom. The summed E-state index contributed by atoms with van der Waals surface area (Å²) in [5.41, 5.74) is -0.739. The second-order valence-corrected chi connectivity index (χ2v) is 5.62. The number of alkyl halides is 3. The highest BCUT2D eigenvalue weighted by Gasteiger charge is 2.42. The van der Waals surface area contributed by atoms with Crippen molar-refractivity contribution in [2.24, 2.45) is 0 Å². The fourth-order valence-corrected chi connectivity index (χ4v) is 2.54. The summed E-state index contributed by atoms with van der Waals surface area (Å²) < 4.78 is 38.4. The maximum Gasteiger partial charge on any atom is 0.416 e. The molecule has 92 valence electrons. The number of nitrogens with one attached hydrogen (secondary N) is 1. The SMILES string of the molecule is CC1(C)C(=O)Nc2c(I)cc(C(F)(F)F)cc21. The minimum atomic E-state index is -4.39. The molecule has 1 aliphatic rings. The van der Waals surface area contributed by atoms with Crippen LogP contribution in [0.5, 0.6) is 0 Å². The number of anilines is 1. The highest BCUT2D eigenvalue weighted by molar-refractivity contribution is 14.1. The standard InChI is InChI=1S/C11H9F3INO/c1-10(2)6-3-5(11(12,13)14)4-7(15)8(6)16-9(10)17/h3-4H,1-2H3,(H,16,17). The topological polar surface area (TPSA) is 29.1 Å². The molecular formula is C11H9F3INO. The van der Waals surface area contributed by atoms with Crippen LogP contribution in [0.1, 0.15) is 25.0 Å². The Hall–Kier alpha value is -0.790. The van der Waals surface area contributed by atoms with E-state index >= 15 is 0 Å². The van der Waals surface area contributed by atoms with Crippen LogP contribution in [-0.2, 0) is 16.4 Å². The minimum absolute atomic E-state index is 0.273. The predicted molar refractivity (Wildman–Crippen MR) is 65.8 cm³/mol. The van der Waals surface area contributed by atoms with Crippen LogP contribution in [0, 0.1) is 3.57 Å². The highest BCUT2D eigenvalue weighted by atomic mass is 127. The largest absolute Gasteiger partial charge is 0.416 e. The first-order chi connectivity index (χ1) is 7.64. The first kappa shape index (κ1) is 12.7. The van der Waals surface area contributed by atoms with Crippen molar-refractivity contribution in [1.29, 1.82) is 0 Å². The molecule has 0 saturated carbocycles. The van der Waals surface area contributed by atoms with E-state index in [4.69, 9.17) is 0 Å². The number of amides is 1. The second kappa shape index (κ2) is 3.60. The Bertz CT molecular complexity index is 508. The van der Waals surface area contributed by atoms with E-state index in [9.17, 15) is 18.0 Å². The zero-order valence-electron chi connectivity index (χ0n) is 9.07. The molecule has 1 heterocycles. The van der Waals surface area contributed by atoms with Crippen molar-refractivity contribution in [3.05, 3.63) is 26.8 Å². The molecule has 0 saturated heterocycles. The van der Waals surface area contributed by atoms with Crippen LogP contribution in [-0.4, -0.2) is 5.91 Å². The van der Waals surface area contributed by atoms with Crippen molar-refractivity contribution >= 4 is 34.2 Å². The lowest BCUT2D eigenvalue weighted by atomic mass is 9.85. The Morgan fingerprint density at radius 2 is 1.88 bits per heavy atom. The van der Waals surface area contributed by atoms with E-state index in [1.54, 1.807) is 36.4 Å². The monoisotopic (exact) mass is 355 g/mol. The van der Waals surface area contributed by atoms with Crippen molar-refractivity contribution < 1.29 is 18.0 Å². The number of benzene rings is 1. The van der Waals surface area contributed by atoms with Crippen LogP contribution in [0.3, 0.4) is 0 Å². The van der Waals surface area contributed by atoms with Gasteiger partial charge in [0.05, 0.1) is 16.7 Å². The van der Waals surface area contributed by atoms with Crippen LogP contribution in [0.25, 0.3) is 0 Å². The summed E-state index contributed by atoms with van der Waals surface area (Å²) in [6.45, 7) is 3.23. The molecule has 1 aromatic carbocycles. The fraction of sp³-hybridized carbons (Fsp3) is 0.364. The molecule has 0 spiro atoms. The molecule has 0 fully saturated rings. The summed E-state index contributed by atoms with van der Waals surface area (Å²) in [6, 6.07) is 2.09. The van der Waals surface area contributed by atoms with Crippen LogP contribution >= 0.6 is 22.6 Å². The normalized spacial score (nSPS) is 17.9. The first-order valence-electron chi connectivity index (χ1n) is 4.86. The molecule has 17 heavy (non-hydrogen) atoms. The van der Waals surface area contributed by atoms with Gasteiger partial charge in [-0.05, 0) is 54.1 Å². The zero-order valence-corrected chi connectivity index (χ0v) is 11.2.